The highest BCUT2D eigenvalue weighted by atomic mass is 15.3. The van der Waals surface area contributed by atoms with Gasteiger partial charge in [0.15, 0.2) is 0 Å². The Morgan fingerprint density at radius 2 is 2.00 bits per heavy atom. The number of hydrogen-bond donors (Lipinski definition) is 1. The van der Waals surface area contributed by atoms with Crippen LogP contribution in [-0.4, -0.2) is 55.6 Å². The zero-order valence-electron chi connectivity index (χ0n) is 11.8. The van der Waals surface area contributed by atoms with E-state index in [1.54, 1.807) is 0 Å². The zero-order chi connectivity index (χ0) is 13.0. The van der Waals surface area contributed by atoms with E-state index < -0.39 is 0 Å². The average molecular weight is 247 g/mol. The van der Waals surface area contributed by atoms with Crippen molar-refractivity contribution in [3.63, 3.8) is 0 Å². The van der Waals surface area contributed by atoms with Crippen LogP contribution < -0.4 is 5.32 Å². The molecule has 0 saturated carbocycles. The van der Waals surface area contributed by atoms with Gasteiger partial charge in [-0.15, -0.1) is 0 Å². The molecule has 100 valence electrons. The van der Waals surface area contributed by atoms with Crippen molar-refractivity contribution in [2.75, 3.05) is 33.7 Å². The summed E-state index contributed by atoms with van der Waals surface area (Å²) in [6, 6.07) is 12.0. The first-order valence-electron chi connectivity index (χ1n) is 6.81. The maximum absolute atomic E-state index is 3.58. The van der Waals surface area contributed by atoms with Crippen molar-refractivity contribution >= 4 is 0 Å². The fourth-order valence-corrected chi connectivity index (χ4v) is 2.64. The number of nitrogens with zero attached hydrogens (tertiary/aromatic N) is 2. The van der Waals surface area contributed by atoms with Crippen molar-refractivity contribution in [3.8, 4) is 0 Å². The van der Waals surface area contributed by atoms with E-state index in [2.05, 4.69) is 66.5 Å². The summed E-state index contributed by atoms with van der Waals surface area (Å²) in [5.74, 6) is 0. The van der Waals surface area contributed by atoms with Gasteiger partial charge in [0.05, 0.1) is 0 Å². The van der Waals surface area contributed by atoms with Crippen LogP contribution in [0.5, 0.6) is 0 Å². The van der Waals surface area contributed by atoms with Crippen molar-refractivity contribution in [1.82, 2.24) is 15.1 Å². The van der Waals surface area contributed by atoms with Crippen LogP contribution in [0.15, 0.2) is 30.3 Å². The van der Waals surface area contributed by atoms with E-state index in [1.807, 2.05) is 0 Å². The van der Waals surface area contributed by atoms with Gasteiger partial charge in [0.2, 0.25) is 0 Å². The molecule has 1 aromatic rings. The standard InChI is InChI=1S/C15H25N3/c1-13-10-18(11-14-7-5-4-6-8-14)15(9-16-13)12-17(2)3/h4-8,13,15-16H,9-12H2,1-3H3. The quantitative estimate of drug-likeness (QED) is 0.868. The highest BCUT2D eigenvalue weighted by Crippen LogP contribution is 2.13. The lowest BCUT2D eigenvalue weighted by Gasteiger charge is -2.40. The Morgan fingerprint density at radius 1 is 1.28 bits per heavy atom. The van der Waals surface area contributed by atoms with E-state index in [-0.39, 0.29) is 0 Å². The lowest BCUT2D eigenvalue weighted by molar-refractivity contribution is 0.105. The zero-order valence-corrected chi connectivity index (χ0v) is 11.8. The van der Waals surface area contributed by atoms with Crippen LogP contribution in [0.3, 0.4) is 0 Å². The van der Waals surface area contributed by atoms with Gasteiger partial charge in [0, 0.05) is 38.3 Å². The number of benzene rings is 1. The molecule has 2 rings (SSSR count). The molecule has 0 aromatic heterocycles. The van der Waals surface area contributed by atoms with E-state index in [1.165, 1.54) is 5.56 Å². The van der Waals surface area contributed by atoms with E-state index in [0.29, 0.717) is 12.1 Å². The largest absolute Gasteiger partial charge is 0.311 e. The van der Waals surface area contributed by atoms with Crippen molar-refractivity contribution in [3.05, 3.63) is 35.9 Å². The smallest absolute Gasteiger partial charge is 0.0351 e. The minimum Gasteiger partial charge on any atom is -0.311 e. The van der Waals surface area contributed by atoms with Crippen molar-refractivity contribution < 1.29 is 0 Å². The highest BCUT2D eigenvalue weighted by molar-refractivity contribution is 5.14. The SMILES string of the molecule is CC1CN(Cc2ccccc2)C(CN(C)C)CN1. The van der Waals surface area contributed by atoms with Crippen LogP contribution in [0.25, 0.3) is 0 Å². The van der Waals surface area contributed by atoms with E-state index in [9.17, 15) is 0 Å². The first-order valence-corrected chi connectivity index (χ1v) is 6.81. The van der Waals surface area contributed by atoms with Gasteiger partial charge in [0.1, 0.15) is 0 Å². The van der Waals surface area contributed by atoms with Gasteiger partial charge in [-0.1, -0.05) is 30.3 Å². The molecule has 1 aliphatic rings. The second-order valence-corrected chi connectivity index (χ2v) is 5.64. The molecule has 0 amide bonds. The third kappa shape index (κ3) is 3.80. The monoisotopic (exact) mass is 247 g/mol. The fraction of sp³-hybridized carbons (Fsp3) is 0.600. The molecule has 3 nitrogen and oxygen atoms in total. The van der Waals surface area contributed by atoms with Crippen LogP contribution >= 0.6 is 0 Å². The van der Waals surface area contributed by atoms with Crippen LogP contribution in [0, 0.1) is 0 Å². The van der Waals surface area contributed by atoms with Gasteiger partial charge in [0.25, 0.3) is 0 Å². The molecule has 1 aromatic carbocycles. The summed E-state index contributed by atoms with van der Waals surface area (Å²) >= 11 is 0. The predicted molar refractivity (Wildman–Crippen MR) is 76.7 cm³/mol. The Kier molecular flexibility index (Phi) is 4.75. The summed E-state index contributed by atoms with van der Waals surface area (Å²) in [5.41, 5.74) is 1.41. The second kappa shape index (κ2) is 6.32. The number of likely N-dealkylation sites (N-methyl/N-ethyl adjacent to an activating group) is 1. The van der Waals surface area contributed by atoms with Gasteiger partial charge < -0.3 is 10.2 Å². The third-order valence-electron chi connectivity index (χ3n) is 3.53. The summed E-state index contributed by atoms with van der Waals surface area (Å²) in [5, 5.41) is 3.58. The molecule has 0 bridgehead atoms. The molecule has 2 unspecified atom stereocenters. The van der Waals surface area contributed by atoms with Crippen molar-refractivity contribution in [1.29, 1.82) is 0 Å². The number of rotatable bonds is 4. The number of hydrogen-bond acceptors (Lipinski definition) is 3. The topological polar surface area (TPSA) is 18.5 Å². The lowest BCUT2D eigenvalue weighted by Crippen LogP contribution is -2.57. The van der Waals surface area contributed by atoms with Crippen molar-refractivity contribution in [2.24, 2.45) is 0 Å². The number of piperazine rings is 1. The normalized spacial score (nSPS) is 25.6. The van der Waals surface area contributed by atoms with Crippen molar-refractivity contribution in [2.45, 2.75) is 25.6 Å². The molecule has 1 saturated heterocycles. The Morgan fingerprint density at radius 3 is 2.67 bits per heavy atom. The summed E-state index contributed by atoms with van der Waals surface area (Å²) < 4.78 is 0. The molecule has 0 spiro atoms. The van der Waals surface area contributed by atoms with Gasteiger partial charge >= 0.3 is 0 Å². The average Bonchev–Trinajstić information content (AvgIpc) is 2.33. The molecule has 3 heteroatoms. The molecular weight excluding hydrogens is 222 g/mol. The van der Waals surface area contributed by atoms with Gasteiger partial charge in [-0.25, -0.2) is 0 Å². The summed E-state index contributed by atoms with van der Waals surface area (Å²) in [6.07, 6.45) is 0. The Labute approximate surface area is 111 Å². The minimum atomic E-state index is 0.590. The Bertz CT molecular complexity index is 350. The van der Waals surface area contributed by atoms with Crippen LogP contribution in [0.1, 0.15) is 12.5 Å². The van der Waals surface area contributed by atoms with E-state index >= 15 is 0 Å². The van der Waals surface area contributed by atoms with Gasteiger partial charge in [-0.05, 0) is 26.6 Å². The molecular formula is C15H25N3. The fourth-order valence-electron chi connectivity index (χ4n) is 2.64. The molecule has 1 fully saturated rings. The minimum absolute atomic E-state index is 0.590. The highest BCUT2D eigenvalue weighted by Gasteiger charge is 2.25. The predicted octanol–water partition coefficient (Wildman–Crippen LogP) is 1.41. The second-order valence-electron chi connectivity index (χ2n) is 5.64. The van der Waals surface area contributed by atoms with Crippen LogP contribution in [0.2, 0.25) is 0 Å². The molecule has 1 aliphatic heterocycles. The summed E-state index contributed by atoms with van der Waals surface area (Å²) in [7, 11) is 4.30. The maximum atomic E-state index is 3.58. The maximum Gasteiger partial charge on any atom is 0.0351 e. The van der Waals surface area contributed by atoms with E-state index in [4.69, 9.17) is 0 Å². The molecule has 0 aliphatic carbocycles. The van der Waals surface area contributed by atoms with E-state index in [0.717, 1.165) is 26.2 Å². The van der Waals surface area contributed by atoms with Gasteiger partial charge in [-0.2, -0.15) is 0 Å². The summed E-state index contributed by atoms with van der Waals surface area (Å²) in [6.45, 7) is 6.67. The van der Waals surface area contributed by atoms with Crippen LogP contribution in [0.4, 0.5) is 0 Å². The Hall–Kier alpha value is -0.900. The molecule has 1 N–H and O–H groups in total. The van der Waals surface area contributed by atoms with Crippen LogP contribution in [-0.2, 0) is 6.54 Å². The van der Waals surface area contributed by atoms with Gasteiger partial charge in [-0.3, -0.25) is 4.90 Å². The Balaban J connectivity index is 2.01. The number of nitrogens with one attached hydrogen (secondary N) is 1. The first-order chi connectivity index (χ1) is 8.65. The molecule has 2 atom stereocenters. The molecule has 1 heterocycles. The summed E-state index contributed by atoms with van der Waals surface area (Å²) in [4.78, 5) is 4.89. The first kappa shape index (κ1) is 13.5. The molecule has 18 heavy (non-hydrogen) atoms. The third-order valence-corrected chi connectivity index (χ3v) is 3.53. The lowest BCUT2D eigenvalue weighted by atomic mass is 10.1. The molecule has 0 radical (unpaired) electrons.